The summed E-state index contributed by atoms with van der Waals surface area (Å²) in [6.45, 7) is 0.345. The third-order valence-corrected chi connectivity index (χ3v) is 3.86. The lowest BCUT2D eigenvalue weighted by Gasteiger charge is -2.21. The Hall–Kier alpha value is -2.91. The van der Waals surface area contributed by atoms with Crippen LogP contribution >= 0.6 is 0 Å². The van der Waals surface area contributed by atoms with Gasteiger partial charge in [-0.3, -0.25) is 4.79 Å². The number of carbonyl (C=O) groups is 2. The Balaban J connectivity index is 1.79. The van der Waals surface area contributed by atoms with E-state index in [-0.39, 0.29) is 17.0 Å². The monoisotopic (exact) mass is 355 g/mol. The summed E-state index contributed by atoms with van der Waals surface area (Å²) in [5.74, 6) is -3.21. The Kier molecular flexibility index (Phi) is 4.19. The van der Waals surface area contributed by atoms with E-state index in [4.69, 9.17) is 5.11 Å². The average molecular weight is 355 g/mol. The SMILES string of the molecule is O=C(O)[C@H]1CCCN1C(=O)c1ccc(-c2noc(C(F)(F)F)n2)cc1. The van der Waals surface area contributed by atoms with Crippen LogP contribution < -0.4 is 0 Å². The zero-order valence-electron chi connectivity index (χ0n) is 12.7. The lowest BCUT2D eigenvalue weighted by atomic mass is 10.1. The van der Waals surface area contributed by atoms with Crippen LogP contribution in [0.15, 0.2) is 28.8 Å². The number of halogens is 3. The molecule has 25 heavy (non-hydrogen) atoms. The number of benzene rings is 1. The van der Waals surface area contributed by atoms with Crippen molar-refractivity contribution in [3.8, 4) is 11.4 Å². The van der Waals surface area contributed by atoms with Crippen molar-refractivity contribution in [2.45, 2.75) is 25.1 Å². The second kappa shape index (κ2) is 6.19. The Bertz CT molecular complexity index is 801. The van der Waals surface area contributed by atoms with Gasteiger partial charge in [-0.1, -0.05) is 17.3 Å². The second-order valence-electron chi connectivity index (χ2n) is 5.49. The third kappa shape index (κ3) is 3.32. The molecule has 2 heterocycles. The van der Waals surface area contributed by atoms with Crippen molar-refractivity contribution in [3.05, 3.63) is 35.7 Å². The topological polar surface area (TPSA) is 96.5 Å². The molecule has 2 aromatic rings. The van der Waals surface area contributed by atoms with Crippen LogP contribution in [-0.2, 0) is 11.0 Å². The number of amides is 1. The molecule has 1 aromatic carbocycles. The van der Waals surface area contributed by atoms with Gasteiger partial charge < -0.3 is 14.5 Å². The summed E-state index contributed by atoms with van der Waals surface area (Å²) in [6.07, 6.45) is -3.74. The number of hydrogen-bond donors (Lipinski definition) is 1. The van der Waals surface area contributed by atoms with E-state index in [2.05, 4.69) is 14.7 Å². The highest BCUT2D eigenvalue weighted by atomic mass is 19.4. The highest BCUT2D eigenvalue weighted by molar-refractivity contribution is 5.97. The lowest BCUT2D eigenvalue weighted by Crippen LogP contribution is -2.40. The van der Waals surface area contributed by atoms with Gasteiger partial charge in [-0.15, -0.1) is 0 Å². The molecule has 0 bridgehead atoms. The van der Waals surface area contributed by atoms with E-state index in [0.717, 1.165) is 0 Å². The molecule has 1 fully saturated rings. The van der Waals surface area contributed by atoms with Gasteiger partial charge in [0, 0.05) is 17.7 Å². The smallest absolute Gasteiger partial charge is 0.471 e. The summed E-state index contributed by atoms with van der Waals surface area (Å²) in [7, 11) is 0. The van der Waals surface area contributed by atoms with Crippen LogP contribution in [0.3, 0.4) is 0 Å². The number of carboxylic acid groups (broad SMARTS) is 1. The van der Waals surface area contributed by atoms with E-state index >= 15 is 0 Å². The first-order valence-electron chi connectivity index (χ1n) is 7.32. The fourth-order valence-corrected chi connectivity index (χ4v) is 2.65. The number of carbonyl (C=O) groups excluding carboxylic acids is 1. The van der Waals surface area contributed by atoms with Crippen molar-refractivity contribution in [1.82, 2.24) is 15.0 Å². The minimum absolute atomic E-state index is 0.233. The summed E-state index contributed by atoms with van der Waals surface area (Å²) < 4.78 is 41.6. The molecule has 0 spiro atoms. The fraction of sp³-hybridized carbons (Fsp3) is 0.333. The van der Waals surface area contributed by atoms with E-state index in [1.807, 2.05) is 0 Å². The Labute approximate surface area is 139 Å². The molecule has 1 aliphatic rings. The summed E-state index contributed by atoms with van der Waals surface area (Å²) in [6, 6.07) is 4.67. The maximum Gasteiger partial charge on any atom is 0.471 e. The van der Waals surface area contributed by atoms with E-state index in [1.165, 1.54) is 29.2 Å². The molecule has 0 saturated carbocycles. The maximum atomic E-state index is 12.5. The van der Waals surface area contributed by atoms with Gasteiger partial charge in [0.25, 0.3) is 5.91 Å². The van der Waals surface area contributed by atoms with Crippen molar-refractivity contribution in [2.24, 2.45) is 0 Å². The highest BCUT2D eigenvalue weighted by Crippen LogP contribution is 2.29. The molecule has 0 aliphatic carbocycles. The normalized spacial score (nSPS) is 17.7. The molecule has 1 atom stereocenters. The molecular formula is C15H12F3N3O4. The van der Waals surface area contributed by atoms with Gasteiger partial charge in [0.1, 0.15) is 6.04 Å². The van der Waals surface area contributed by atoms with Crippen molar-refractivity contribution >= 4 is 11.9 Å². The summed E-state index contributed by atoms with van der Waals surface area (Å²) in [5.41, 5.74) is 0.475. The van der Waals surface area contributed by atoms with Gasteiger partial charge in [-0.2, -0.15) is 18.2 Å². The van der Waals surface area contributed by atoms with Crippen LogP contribution in [-0.4, -0.2) is 44.6 Å². The minimum atomic E-state index is -4.73. The number of carboxylic acids is 1. The second-order valence-corrected chi connectivity index (χ2v) is 5.49. The van der Waals surface area contributed by atoms with Crippen LogP contribution in [0.25, 0.3) is 11.4 Å². The highest BCUT2D eigenvalue weighted by Gasteiger charge is 2.38. The van der Waals surface area contributed by atoms with Gasteiger partial charge in [0.15, 0.2) is 0 Å². The third-order valence-electron chi connectivity index (χ3n) is 3.86. The molecule has 0 unspecified atom stereocenters. The van der Waals surface area contributed by atoms with Crippen LogP contribution in [0.2, 0.25) is 0 Å². The van der Waals surface area contributed by atoms with Crippen LogP contribution in [0.1, 0.15) is 29.1 Å². The lowest BCUT2D eigenvalue weighted by molar-refractivity contribution is -0.159. The number of aromatic nitrogens is 2. The van der Waals surface area contributed by atoms with E-state index in [9.17, 15) is 22.8 Å². The van der Waals surface area contributed by atoms with Gasteiger partial charge in [-0.05, 0) is 25.0 Å². The molecule has 132 valence electrons. The summed E-state index contributed by atoms with van der Waals surface area (Å²) >= 11 is 0. The molecule has 1 N–H and O–H groups in total. The van der Waals surface area contributed by atoms with E-state index < -0.39 is 30.0 Å². The zero-order chi connectivity index (χ0) is 18.2. The molecule has 10 heteroatoms. The Morgan fingerprint density at radius 1 is 1.24 bits per heavy atom. The molecule has 1 aliphatic heterocycles. The van der Waals surface area contributed by atoms with E-state index in [0.29, 0.717) is 19.4 Å². The molecular weight excluding hydrogens is 343 g/mol. The minimum Gasteiger partial charge on any atom is -0.480 e. The molecule has 0 radical (unpaired) electrons. The van der Waals surface area contributed by atoms with Crippen LogP contribution in [0.5, 0.6) is 0 Å². The van der Waals surface area contributed by atoms with E-state index in [1.54, 1.807) is 0 Å². The predicted molar refractivity (Wildman–Crippen MR) is 76.4 cm³/mol. The number of alkyl halides is 3. The Morgan fingerprint density at radius 3 is 2.48 bits per heavy atom. The van der Waals surface area contributed by atoms with Gasteiger partial charge >= 0.3 is 18.0 Å². The first-order chi connectivity index (χ1) is 11.8. The first kappa shape index (κ1) is 16.9. The van der Waals surface area contributed by atoms with Crippen molar-refractivity contribution in [2.75, 3.05) is 6.54 Å². The number of nitrogens with zero attached hydrogens (tertiary/aromatic N) is 3. The fourth-order valence-electron chi connectivity index (χ4n) is 2.65. The Morgan fingerprint density at radius 2 is 1.92 bits per heavy atom. The van der Waals surface area contributed by atoms with Crippen molar-refractivity contribution in [3.63, 3.8) is 0 Å². The van der Waals surface area contributed by atoms with Gasteiger partial charge in [-0.25, -0.2) is 4.79 Å². The molecule has 1 aromatic heterocycles. The molecule has 3 rings (SSSR count). The van der Waals surface area contributed by atoms with Crippen molar-refractivity contribution in [1.29, 1.82) is 0 Å². The van der Waals surface area contributed by atoms with Crippen molar-refractivity contribution < 1.29 is 32.4 Å². The molecule has 1 saturated heterocycles. The summed E-state index contributed by atoms with van der Waals surface area (Å²) in [5, 5.41) is 12.4. The predicted octanol–water partition coefficient (Wildman–Crippen LogP) is 2.44. The zero-order valence-corrected chi connectivity index (χ0v) is 12.7. The van der Waals surface area contributed by atoms with Gasteiger partial charge in [0.2, 0.25) is 5.82 Å². The summed E-state index contributed by atoms with van der Waals surface area (Å²) in [4.78, 5) is 28.1. The number of rotatable bonds is 3. The first-order valence-corrected chi connectivity index (χ1v) is 7.32. The quantitative estimate of drug-likeness (QED) is 0.908. The standard InChI is InChI=1S/C15H12F3N3O4/c16-15(17,18)14-19-11(20-25-14)8-3-5-9(6-4-8)12(22)21-7-1-2-10(21)13(23)24/h3-6,10H,1-2,7H2,(H,23,24)/t10-/m1/s1. The molecule has 7 nitrogen and oxygen atoms in total. The maximum absolute atomic E-state index is 12.5. The van der Waals surface area contributed by atoms with Gasteiger partial charge in [0.05, 0.1) is 0 Å². The number of hydrogen-bond acceptors (Lipinski definition) is 5. The number of aliphatic carboxylic acids is 1. The largest absolute Gasteiger partial charge is 0.480 e. The van der Waals surface area contributed by atoms with Crippen LogP contribution in [0.4, 0.5) is 13.2 Å². The number of likely N-dealkylation sites (tertiary alicyclic amines) is 1. The average Bonchev–Trinajstić information content (AvgIpc) is 3.23. The molecule has 1 amide bonds. The van der Waals surface area contributed by atoms with Crippen LogP contribution in [0, 0.1) is 0 Å².